The number of anilines is 1. The van der Waals surface area contributed by atoms with E-state index in [-0.39, 0.29) is 23.6 Å². The fraction of sp³-hybridized carbons (Fsp3) is 0.158. The third-order valence-corrected chi connectivity index (χ3v) is 4.38. The van der Waals surface area contributed by atoms with Crippen molar-refractivity contribution in [1.82, 2.24) is 5.32 Å². The Kier molecular flexibility index (Phi) is 3.93. The number of carbonyl (C=O) groups is 2. The van der Waals surface area contributed by atoms with Gasteiger partial charge in [-0.15, -0.1) is 0 Å². The fourth-order valence-electron chi connectivity index (χ4n) is 2.53. The van der Waals surface area contributed by atoms with Gasteiger partial charge in [-0.2, -0.15) is 0 Å². The van der Waals surface area contributed by atoms with E-state index in [1.165, 1.54) is 0 Å². The Morgan fingerprint density at radius 3 is 2.80 bits per heavy atom. The minimum Gasteiger partial charge on any atom is -0.449 e. The highest BCUT2D eigenvalue weighted by molar-refractivity contribution is 6.32. The van der Waals surface area contributed by atoms with Gasteiger partial charge in [0.25, 0.3) is 11.8 Å². The van der Waals surface area contributed by atoms with Gasteiger partial charge in [0.15, 0.2) is 11.5 Å². The normalized spacial score (nSPS) is 17.5. The molecule has 2 aromatic rings. The minimum absolute atomic E-state index is 0.142. The Morgan fingerprint density at radius 1 is 1.24 bits per heavy atom. The van der Waals surface area contributed by atoms with Gasteiger partial charge in [-0.05, 0) is 48.7 Å². The zero-order valence-electron chi connectivity index (χ0n) is 13.2. The monoisotopic (exact) mass is 354 g/mol. The standard InChI is InChI=1S/C19H15ClN2O3/c20-14-4-2-1-3-11(14)10-17-19(24)22-15-9-12(5-8-16(15)25-17)18(23)21-13-6-7-13/h1-5,8-10,13H,6-7H2,(H,21,23)(H,22,24)/b17-10+. The Labute approximate surface area is 149 Å². The maximum absolute atomic E-state index is 12.3. The highest BCUT2D eigenvalue weighted by Gasteiger charge is 2.26. The van der Waals surface area contributed by atoms with Gasteiger partial charge in [-0.3, -0.25) is 9.59 Å². The first kappa shape index (κ1) is 15.7. The zero-order chi connectivity index (χ0) is 17.4. The second kappa shape index (κ2) is 6.26. The molecule has 1 heterocycles. The van der Waals surface area contributed by atoms with E-state index in [9.17, 15) is 9.59 Å². The van der Waals surface area contributed by atoms with Gasteiger partial charge in [0.2, 0.25) is 0 Å². The minimum atomic E-state index is -0.382. The van der Waals surface area contributed by atoms with Crippen molar-refractivity contribution in [1.29, 1.82) is 0 Å². The molecule has 0 unspecified atom stereocenters. The molecule has 0 atom stereocenters. The van der Waals surface area contributed by atoms with Gasteiger partial charge in [0.1, 0.15) is 0 Å². The van der Waals surface area contributed by atoms with Gasteiger partial charge >= 0.3 is 0 Å². The number of halogens is 1. The SMILES string of the molecule is O=C1Nc2cc(C(=O)NC3CC3)ccc2O/C1=C/c1ccccc1Cl. The molecule has 0 radical (unpaired) electrons. The van der Waals surface area contributed by atoms with E-state index >= 15 is 0 Å². The molecular formula is C19H15ClN2O3. The molecule has 126 valence electrons. The van der Waals surface area contributed by atoms with Crippen LogP contribution >= 0.6 is 11.6 Å². The van der Waals surface area contributed by atoms with E-state index < -0.39 is 0 Å². The average Bonchev–Trinajstić information content (AvgIpc) is 3.41. The topological polar surface area (TPSA) is 67.4 Å². The molecule has 5 nitrogen and oxygen atoms in total. The van der Waals surface area contributed by atoms with Crippen LogP contribution < -0.4 is 15.4 Å². The van der Waals surface area contributed by atoms with Crippen molar-refractivity contribution in [2.24, 2.45) is 0 Å². The Hall–Kier alpha value is -2.79. The fourth-order valence-corrected chi connectivity index (χ4v) is 2.72. The summed E-state index contributed by atoms with van der Waals surface area (Å²) in [6.07, 6.45) is 3.63. The van der Waals surface area contributed by atoms with Crippen molar-refractivity contribution in [3.8, 4) is 5.75 Å². The Balaban J connectivity index is 1.59. The molecule has 2 aromatic carbocycles. The van der Waals surface area contributed by atoms with Crippen LogP contribution in [0.1, 0.15) is 28.8 Å². The second-order valence-electron chi connectivity index (χ2n) is 6.04. The lowest BCUT2D eigenvalue weighted by molar-refractivity contribution is -0.115. The molecule has 0 aromatic heterocycles. The molecule has 0 spiro atoms. The van der Waals surface area contributed by atoms with Crippen molar-refractivity contribution in [2.45, 2.75) is 18.9 Å². The quantitative estimate of drug-likeness (QED) is 0.827. The predicted molar refractivity (Wildman–Crippen MR) is 95.6 cm³/mol. The number of amides is 2. The van der Waals surface area contributed by atoms with Crippen LogP contribution in [0, 0.1) is 0 Å². The van der Waals surface area contributed by atoms with Crippen molar-refractivity contribution in [2.75, 3.05) is 5.32 Å². The van der Waals surface area contributed by atoms with E-state index in [1.54, 1.807) is 36.4 Å². The van der Waals surface area contributed by atoms with Crippen LogP contribution in [0.4, 0.5) is 5.69 Å². The van der Waals surface area contributed by atoms with E-state index in [0.29, 0.717) is 27.6 Å². The lowest BCUT2D eigenvalue weighted by atomic mass is 10.1. The van der Waals surface area contributed by atoms with Crippen LogP contribution in [-0.4, -0.2) is 17.9 Å². The van der Waals surface area contributed by atoms with E-state index in [4.69, 9.17) is 16.3 Å². The summed E-state index contributed by atoms with van der Waals surface area (Å²) in [5, 5.41) is 6.21. The molecule has 1 aliphatic carbocycles. The summed E-state index contributed by atoms with van der Waals surface area (Å²) in [6.45, 7) is 0. The van der Waals surface area contributed by atoms with Crippen LogP contribution in [0.5, 0.6) is 5.75 Å². The summed E-state index contributed by atoms with van der Waals surface area (Å²) in [4.78, 5) is 24.4. The molecule has 25 heavy (non-hydrogen) atoms. The van der Waals surface area contributed by atoms with Crippen LogP contribution in [0.2, 0.25) is 5.02 Å². The van der Waals surface area contributed by atoms with Crippen molar-refractivity contribution in [3.63, 3.8) is 0 Å². The molecular weight excluding hydrogens is 340 g/mol. The van der Waals surface area contributed by atoms with Gasteiger partial charge in [0, 0.05) is 16.6 Å². The molecule has 1 aliphatic heterocycles. The molecule has 4 rings (SSSR count). The molecule has 2 aliphatic rings. The first-order valence-electron chi connectivity index (χ1n) is 8.00. The van der Waals surface area contributed by atoms with Crippen LogP contribution in [0.15, 0.2) is 48.2 Å². The number of hydrogen-bond donors (Lipinski definition) is 2. The summed E-state index contributed by atoms with van der Waals surface area (Å²) in [6, 6.07) is 12.4. The molecule has 6 heteroatoms. The summed E-state index contributed by atoms with van der Waals surface area (Å²) in [7, 11) is 0. The summed E-state index contributed by atoms with van der Waals surface area (Å²) in [5.74, 6) is 0.112. The third-order valence-electron chi connectivity index (χ3n) is 4.04. The Morgan fingerprint density at radius 2 is 2.04 bits per heavy atom. The number of fused-ring (bicyclic) bond motifs is 1. The largest absolute Gasteiger partial charge is 0.449 e. The van der Waals surface area contributed by atoms with E-state index in [2.05, 4.69) is 10.6 Å². The summed E-state index contributed by atoms with van der Waals surface area (Å²) >= 11 is 6.12. The molecule has 0 bridgehead atoms. The van der Waals surface area contributed by atoms with Crippen molar-refractivity contribution < 1.29 is 14.3 Å². The van der Waals surface area contributed by atoms with Crippen LogP contribution in [0.3, 0.4) is 0 Å². The zero-order valence-corrected chi connectivity index (χ0v) is 14.0. The van der Waals surface area contributed by atoms with E-state index in [0.717, 1.165) is 12.8 Å². The predicted octanol–water partition coefficient (Wildman–Crippen LogP) is 3.60. The number of benzene rings is 2. The maximum atomic E-state index is 12.3. The highest BCUT2D eigenvalue weighted by atomic mass is 35.5. The smallest absolute Gasteiger partial charge is 0.291 e. The second-order valence-corrected chi connectivity index (χ2v) is 6.45. The Bertz CT molecular complexity index is 903. The molecule has 2 amide bonds. The molecule has 0 saturated heterocycles. The first-order chi connectivity index (χ1) is 12.1. The number of carbonyl (C=O) groups excluding carboxylic acids is 2. The van der Waals surface area contributed by atoms with Gasteiger partial charge in [0.05, 0.1) is 5.69 Å². The first-order valence-corrected chi connectivity index (χ1v) is 8.38. The van der Waals surface area contributed by atoms with Crippen LogP contribution in [-0.2, 0) is 4.79 Å². The summed E-state index contributed by atoms with van der Waals surface area (Å²) in [5.41, 5.74) is 1.66. The van der Waals surface area contributed by atoms with Gasteiger partial charge in [-0.25, -0.2) is 0 Å². The van der Waals surface area contributed by atoms with Crippen molar-refractivity contribution >= 4 is 35.2 Å². The highest BCUT2D eigenvalue weighted by Crippen LogP contribution is 2.33. The number of nitrogens with one attached hydrogen (secondary N) is 2. The van der Waals surface area contributed by atoms with Crippen LogP contribution in [0.25, 0.3) is 6.08 Å². The number of ether oxygens (including phenoxy) is 1. The van der Waals surface area contributed by atoms with Gasteiger partial charge < -0.3 is 15.4 Å². The molecule has 2 N–H and O–H groups in total. The summed E-state index contributed by atoms with van der Waals surface area (Å²) < 4.78 is 5.69. The van der Waals surface area contributed by atoms with E-state index in [1.807, 2.05) is 12.1 Å². The third kappa shape index (κ3) is 3.37. The molecule has 1 saturated carbocycles. The average molecular weight is 355 g/mol. The van der Waals surface area contributed by atoms with Crippen molar-refractivity contribution in [3.05, 3.63) is 64.4 Å². The molecule has 1 fully saturated rings. The lowest BCUT2D eigenvalue weighted by Crippen LogP contribution is -2.27. The number of hydrogen-bond acceptors (Lipinski definition) is 3. The maximum Gasteiger partial charge on any atom is 0.291 e. The lowest BCUT2D eigenvalue weighted by Gasteiger charge is -2.20. The number of rotatable bonds is 3. The van der Waals surface area contributed by atoms with Gasteiger partial charge in [-0.1, -0.05) is 29.8 Å².